The Morgan fingerprint density at radius 1 is 1.03 bits per heavy atom. The second kappa shape index (κ2) is 8.82. The van der Waals surface area contributed by atoms with Crippen molar-refractivity contribution in [1.82, 2.24) is 0 Å². The average molecular weight is 459 g/mol. The molecule has 0 fully saturated rings. The molecule has 29 heavy (non-hydrogen) atoms. The lowest BCUT2D eigenvalue weighted by Crippen LogP contribution is -2.46. The molecule has 0 radical (unpaired) electrons. The van der Waals surface area contributed by atoms with Crippen molar-refractivity contribution in [3.05, 3.63) is 76.5 Å². The number of hydrogen-bond donors (Lipinski definition) is 0. The van der Waals surface area contributed by atoms with Crippen LogP contribution in [0, 0.1) is 5.41 Å². The lowest BCUT2D eigenvalue weighted by Gasteiger charge is -2.32. The third-order valence-corrected chi connectivity index (χ3v) is 5.66. The van der Waals surface area contributed by atoms with Gasteiger partial charge in [0.2, 0.25) is 0 Å². The van der Waals surface area contributed by atoms with E-state index in [9.17, 15) is 9.59 Å². The molecule has 0 bridgehead atoms. The minimum Gasteiger partial charge on any atom is -0.465 e. The molecule has 2 aromatic rings. The van der Waals surface area contributed by atoms with Crippen LogP contribution in [0.1, 0.15) is 30.9 Å². The third kappa shape index (κ3) is 3.81. The van der Waals surface area contributed by atoms with Gasteiger partial charge in [-0.25, -0.2) is 0 Å². The van der Waals surface area contributed by atoms with Crippen molar-refractivity contribution in [3.8, 4) is 5.75 Å². The fourth-order valence-electron chi connectivity index (χ4n) is 3.80. The van der Waals surface area contributed by atoms with Crippen molar-refractivity contribution < 1.29 is 23.8 Å². The molecule has 0 aliphatic heterocycles. The van der Waals surface area contributed by atoms with E-state index >= 15 is 0 Å². The summed E-state index contributed by atoms with van der Waals surface area (Å²) in [5.74, 6) is -1.16. The fraction of sp³-hybridized carbons (Fsp3) is 0.304. The largest absolute Gasteiger partial charge is 0.465 e. The van der Waals surface area contributed by atoms with Crippen molar-refractivity contribution in [2.45, 2.75) is 26.2 Å². The molecule has 1 aliphatic rings. The summed E-state index contributed by atoms with van der Waals surface area (Å²) >= 11 is 3.45. The minimum atomic E-state index is -1.58. The molecular formula is C23H23BrO5. The number of benzene rings is 2. The molecule has 3 rings (SSSR count). The number of carbonyl (C=O) groups excluding carboxylic acids is 2. The van der Waals surface area contributed by atoms with Crippen molar-refractivity contribution in [1.29, 1.82) is 0 Å². The minimum absolute atomic E-state index is 0.153. The molecule has 152 valence electrons. The summed E-state index contributed by atoms with van der Waals surface area (Å²) < 4.78 is 17.5. The normalized spacial score (nSPS) is 16.6. The monoisotopic (exact) mass is 458 g/mol. The molecule has 0 saturated heterocycles. The fourth-order valence-corrected chi connectivity index (χ4v) is 4.17. The quantitative estimate of drug-likeness (QED) is 0.339. The first-order valence-electron chi connectivity index (χ1n) is 9.49. The molecule has 0 heterocycles. The number of halogens is 1. The molecule has 1 atom stereocenters. The van der Waals surface area contributed by atoms with Crippen molar-refractivity contribution >= 4 is 27.9 Å². The van der Waals surface area contributed by atoms with Gasteiger partial charge >= 0.3 is 11.9 Å². The zero-order chi connectivity index (χ0) is 21.0. The van der Waals surface area contributed by atoms with E-state index < -0.39 is 23.3 Å². The Bertz CT molecular complexity index is 918. The SMILES string of the molecule is C=C(Oc1ccccc1Br)C1c2ccccc2CC1(C(=O)OCC)C(=O)OCC. The molecule has 0 saturated carbocycles. The van der Waals surface area contributed by atoms with Crippen molar-refractivity contribution in [3.63, 3.8) is 0 Å². The van der Waals surface area contributed by atoms with Gasteiger partial charge in [0, 0.05) is 6.42 Å². The van der Waals surface area contributed by atoms with Gasteiger partial charge in [0.25, 0.3) is 0 Å². The van der Waals surface area contributed by atoms with Gasteiger partial charge < -0.3 is 14.2 Å². The van der Waals surface area contributed by atoms with Crippen LogP contribution in [0.15, 0.2) is 65.3 Å². The van der Waals surface area contributed by atoms with Crippen LogP contribution in [-0.4, -0.2) is 25.2 Å². The van der Waals surface area contributed by atoms with Gasteiger partial charge in [0.1, 0.15) is 11.5 Å². The molecule has 0 N–H and O–H groups in total. The zero-order valence-corrected chi connectivity index (χ0v) is 18.0. The van der Waals surface area contributed by atoms with Crippen LogP contribution in [0.5, 0.6) is 5.75 Å². The molecule has 6 heteroatoms. The molecule has 0 amide bonds. The molecule has 1 aliphatic carbocycles. The van der Waals surface area contributed by atoms with E-state index in [-0.39, 0.29) is 25.4 Å². The number of carbonyl (C=O) groups is 2. The van der Waals surface area contributed by atoms with E-state index in [4.69, 9.17) is 14.2 Å². The summed E-state index contributed by atoms with van der Waals surface area (Å²) in [5.41, 5.74) is 0.106. The summed E-state index contributed by atoms with van der Waals surface area (Å²) in [6.07, 6.45) is 0.170. The average Bonchev–Trinajstić information content (AvgIpc) is 3.06. The Kier molecular flexibility index (Phi) is 6.42. The lowest BCUT2D eigenvalue weighted by molar-refractivity contribution is -0.173. The number of fused-ring (bicyclic) bond motifs is 1. The highest BCUT2D eigenvalue weighted by molar-refractivity contribution is 9.10. The first-order chi connectivity index (χ1) is 14.0. The number of ether oxygens (including phenoxy) is 3. The number of rotatable bonds is 7. The third-order valence-electron chi connectivity index (χ3n) is 5.01. The second-order valence-electron chi connectivity index (χ2n) is 6.72. The Labute approximate surface area is 178 Å². The highest BCUT2D eigenvalue weighted by Crippen LogP contribution is 2.52. The smallest absolute Gasteiger partial charge is 0.324 e. The predicted octanol–water partition coefficient (Wildman–Crippen LogP) is 4.79. The highest BCUT2D eigenvalue weighted by Gasteiger charge is 2.61. The molecular weight excluding hydrogens is 436 g/mol. The number of esters is 2. The molecule has 0 spiro atoms. The molecule has 1 unspecified atom stereocenters. The number of hydrogen-bond acceptors (Lipinski definition) is 5. The van der Waals surface area contributed by atoms with Crippen LogP contribution in [0.4, 0.5) is 0 Å². The maximum absolute atomic E-state index is 13.2. The summed E-state index contributed by atoms with van der Waals surface area (Å²) in [7, 11) is 0. The van der Waals surface area contributed by atoms with Crippen LogP contribution in [0.2, 0.25) is 0 Å². The van der Waals surface area contributed by atoms with Crippen LogP contribution in [-0.2, 0) is 25.5 Å². The second-order valence-corrected chi connectivity index (χ2v) is 7.57. The number of allylic oxidation sites excluding steroid dienone is 1. The standard InChI is InChI=1S/C23H23BrO5/c1-4-27-21(25)23(22(26)28-5-2)14-16-10-6-7-11-17(16)20(23)15(3)29-19-13-9-8-12-18(19)24/h6-13,20H,3-5,14H2,1-2H3. The van der Waals surface area contributed by atoms with Gasteiger partial charge in [-0.1, -0.05) is 43.0 Å². The van der Waals surface area contributed by atoms with Crippen LogP contribution < -0.4 is 4.74 Å². The van der Waals surface area contributed by atoms with Gasteiger partial charge in [-0.05, 0) is 53.0 Å². The summed E-state index contributed by atoms with van der Waals surface area (Å²) in [6, 6.07) is 14.8. The molecule has 2 aromatic carbocycles. The van der Waals surface area contributed by atoms with Crippen LogP contribution >= 0.6 is 15.9 Å². The summed E-state index contributed by atoms with van der Waals surface area (Å²) in [4.78, 5) is 26.3. The predicted molar refractivity (Wildman–Crippen MR) is 112 cm³/mol. The van der Waals surface area contributed by atoms with E-state index in [1.807, 2.05) is 42.5 Å². The van der Waals surface area contributed by atoms with Gasteiger partial charge in [0.05, 0.1) is 23.6 Å². The van der Waals surface area contributed by atoms with Crippen molar-refractivity contribution in [2.75, 3.05) is 13.2 Å². The van der Waals surface area contributed by atoms with E-state index in [0.717, 1.165) is 15.6 Å². The first-order valence-corrected chi connectivity index (χ1v) is 10.3. The first kappa shape index (κ1) is 21.1. The van der Waals surface area contributed by atoms with E-state index in [1.54, 1.807) is 19.9 Å². The molecule has 0 aromatic heterocycles. The number of para-hydroxylation sites is 1. The lowest BCUT2D eigenvalue weighted by atomic mass is 9.75. The van der Waals surface area contributed by atoms with E-state index in [0.29, 0.717) is 5.75 Å². The van der Waals surface area contributed by atoms with Crippen LogP contribution in [0.3, 0.4) is 0 Å². The highest BCUT2D eigenvalue weighted by atomic mass is 79.9. The molecule has 5 nitrogen and oxygen atoms in total. The summed E-state index contributed by atoms with van der Waals surface area (Å²) in [6.45, 7) is 7.82. The van der Waals surface area contributed by atoms with Gasteiger partial charge in [-0.3, -0.25) is 9.59 Å². The van der Waals surface area contributed by atoms with E-state index in [2.05, 4.69) is 22.5 Å². The Morgan fingerprint density at radius 2 is 1.62 bits per heavy atom. The van der Waals surface area contributed by atoms with Gasteiger partial charge in [-0.2, -0.15) is 0 Å². The topological polar surface area (TPSA) is 61.8 Å². The van der Waals surface area contributed by atoms with Crippen LogP contribution in [0.25, 0.3) is 0 Å². The van der Waals surface area contributed by atoms with E-state index in [1.165, 1.54) is 0 Å². The van der Waals surface area contributed by atoms with Crippen molar-refractivity contribution in [2.24, 2.45) is 5.41 Å². The Morgan fingerprint density at radius 3 is 2.24 bits per heavy atom. The zero-order valence-electron chi connectivity index (χ0n) is 16.4. The Hall–Kier alpha value is -2.60. The Balaban J connectivity index is 2.11. The maximum Gasteiger partial charge on any atom is 0.324 e. The van der Waals surface area contributed by atoms with Gasteiger partial charge in [0.15, 0.2) is 5.41 Å². The van der Waals surface area contributed by atoms with Gasteiger partial charge in [-0.15, -0.1) is 0 Å². The maximum atomic E-state index is 13.2. The summed E-state index contributed by atoms with van der Waals surface area (Å²) in [5, 5.41) is 0.